The van der Waals surface area contributed by atoms with Gasteiger partial charge in [0.1, 0.15) is 12.2 Å². The van der Waals surface area contributed by atoms with Crippen LogP contribution in [-0.2, 0) is 29.0 Å². The molecule has 0 aromatic heterocycles. The maximum Gasteiger partial charge on any atom is 0.338 e. The molecule has 1 saturated carbocycles. The molecular formula is C43H49NO9SSi2. The number of nitrogens with zero attached hydrogens (tertiary/aromatic N) is 1. The van der Waals surface area contributed by atoms with E-state index in [-0.39, 0.29) is 21.6 Å². The number of fused-ring (bicyclic) bond motifs is 5. The van der Waals surface area contributed by atoms with Crippen LogP contribution in [0.25, 0.3) is 0 Å². The second kappa shape index (κ2) is 14.2. The molecule has 0 spiro atoms. The van der Waals surface area contributed by atoms with Crippen LogP contribution in [0.2, 0.25) is 39.3 Å². The summed E-state index contributed by atoms with van der Waals surface area (Å²) < 4.78 is 57.0. The van der Waals surface area contributed by atoms with E-state index >= 15 is 13.2 Å². The van der Waals surface area contributed by atoms with Gasteiger partial charge in [-0.1, -0.05) is 110 Å². The van der Waals surface area contributed by atoms with E-state index < -0.39 is 86.2 Å². The van der Waals surface area contributed by atoms with Crippen molar-refractivity contribution in [2.24, 2.45) is 0 Å². The predicted molar refractivity (Wildman–Crippen MR) is 219 cm³/mol. The van der Waals surface area contributed by atoms with Crippen molar-refractivity contribution in [2.75, 3.05) is 0 Å². The van der Waals surface area contributed by atoms with Crippen molar-refractivity contribution in [3.05, 3.63) is 125 Å². The van der Waals surface area contributed by atoms with Gasteiger partial charge in [-0.15, -0.1) is 0 Å². The zero-order valence-corrected chi connectivity index (χ0v) is 36.0. The Morgan fingerprint density at radius 3 is 1.70 bits per heavy atom. The first-order valence-electron chi connectivity index (χ1n) is 18.9. The predicted octanol–water partition coefficient (Wildman–Crippen LogP) is 6.37. The molecule has 0 N–H and O–H groups in total. The summed E-state index contributed by atoms with van der Waals surface area (Å²) in [6, 6.07) is 25.9. The van der Waals surface area contributed by atoms with Crippen LogP contribution in [0.4, 0.5) is 0 Å². The number of ether oxygens (including phenoxy) is 4. The van der Waals surface area contributed by atoms with Crippen molar-refractivity contribution in [3.63, 3.8) is 0 Å². The smallest absolute Gasteiger partial charge is 0.338 e. The second-order valence-electron chi connectivity index (χ2n) is 17.5. The molecule has 1 amide bonds. The van der Waals surface area contributed by atoms with E-state index in [2.05, 4.69) is 39.3 Å². The van der Waals surface area contributed by atoms with Gasteiger partial charge in [0.25, 0.3) is 15.9 Å². The summed E-state index contributed by atoms with van der Waals surface area (Å²) in [6.07, 6.45) is -4.87. The monoisotopic (exact) mass is 811 g/mol. The normalized spacial score (nSPS) is 24.4. The number of benzene rings is 4. The van der Waals surface area contributed by atoms with E-state index in [1.165, 1.54) is 12.1 Å². The molecule has 56 heavy (non-hydrogen) atoms. The van der Waals surface area contributed by atoms with Crippen molar-refractivity contribution >= 4 is 54.4 Å². The average Bonchev–Trinajstić information content (AvgIpc) is 3.47. The lowest BCUT2D eigenvalue weighted by Gasteiger charge is -2.52. The maximum atomic E-state index is 15.2. The summed E-state index contributed by atoms with van der Waals surface area (Å²) >= 11 is 0. The Morgan fingerprint density at radius 2 is 1.18 bits per heavy atom. The number of aryl methyl sites for hydroxylation is 1. The molecule has 1 aliphatic carbocycles. The molecule has 3 aliphatic rings. The van der Waals surface area contributed by atoms with E-state index in [1.807, 2.05) is 19.1 Å². The summed E-state index contributed by atoms with van der Waals surface area (Å²) in [4.78, 5) is 43.3. The lowest BCUT2D eigenvalue weighted by Crippen LogP contribution is -2.69. The standard InChI is InChI=1S/C43H49NO9SSi2/c1-26-20-22-29(23-21-26)54(48,49)44-35-34(30-24-32(55(4,5)6)33(56(7,8)9)25-31(30)40(44)45)36(50-41(46)27-16-12-10-13-17-27)38(39-37(35)52-43(2,3)53-39)51-42(47)28-18-14-11-15-19-28/h10-25,34-39H,1-9H3/t34-,35-,36+,37+,38+,39+/m1/s1. The molecule has 4 aromatic rings. The number of hydrogen-bond donors (Lipinski definition) is 0. The van der Waals surface area contributed by atoms with Crippen molar-refractivity contribution in [3.8, 4) is 0 Å². The van der Waals surface area contributed by atoms with Crippen molar-refractivity contribution < 1.29 is 41.7 Å². The summed E-state index contributed by atoms with van der Waals surface area (Å²) in [5.74, 6) is -4.43. The maximum absolute atomic E-state index is 15.2. The van der Waals surface area contributed by atoms with Crippen LogP contribution < -0.4 is 10.4 Å². The largest absolute Gasteiger partial charge is 0.454 e. The third-order valence-electron chi connectivity index (χ3n) is 10.8. The molecule has 0 unspecified atom stereocenters. The van der Waals surface area contributed by atoms with Gasteiger partial charge in [0, 0.05) is 5.56 Å². The van der Waals surface area contributed by atoms with Crippen LogP contribution in [-0.4, -0.2) is 83.0 Å². The molecule has 7 rings (SSSR count). The Kier molecular flexibility index (Phi) is 10.1. The van der Waals surface area contributed by atoms with E-state index in [1.54, 1.807) is 86.6 Å². The molecular weight excluding hydrogens is 763 g/mol. The minimum Gasteiger partial charge on any atom is -0.454 e. The highest BCUT2D eigenvalue weighted by atomic mass is 32.2. The summed E-state index contributed by atoms with van der Waals surface area (Å²) in [5.41, 5.74) is 2.08. The SMILES string of the molecule is Cc1ccc(S(=O)(=O)N2C(=O)c3cc([Si](C)(C)C)c([Si](C)(C)C)cc3[C@H]3[C@H](OC(=O)c4ccccc4)[C@H](OC(=O)c4ccccc4)[C@H]4OC(C)(C)O[C@H]4[C@@H]32)cc1. The molecule has 2 heterocycles. The number of carbonyl (C=O) groups excluding carboxylic acids is 3. The lowest BCUT2D eigenvalue weighted by atomic mass is 9.70. The number of rotatable bonds is 8. The number of sulfonamides is 1. The van der Waals surface area contributed by atoms with Crippen LogP contribution >= 0.6 is 0 Å². The Hall–Kier alpha value is -4.41. The molecule has 13 heteroatoms. The van der Waals surface area contributed by atoms with Gasteiger partial charge in [0.05, 0.1) is 44.1 Å². The first kappa shape index (κ1) is 39.8. The lowest BCUT2D eigenvalue weighted by molar-refractivity contribution is -0.161. The third-order valence-corrected chi connectivity index (χ3v) is 16.9. The topological polar surface area (TPSA) is 126 Å². The Bertz CT molecular complexity index is 2290. The van der Waals surface area contributed by atoms with Gasteiger partial charge >= 0.3 is 11.9 Å². The highest BCUT2D eigenvalue weighted by Gasteiger charge is 2.66. The molecule has 1 saturated heterocycles. The Balaban J connectivity index is 1.53. The van der Waals surface area contributed by atoms with Crippen molar-refractivity contribution in [2.45, 2.75) is 107 Å². The quantitative estimate of drug-likeness (QED) is 0.148. The molecule has 2 fully saturated rings. The fraction of sp³-hybridized carbons (Fsp3) is 0.372. The number of carbonyl (C=O) groups is 3. The van der Waals surface area contributed by atoms with E-state index in [4.69, 9.17) is 18.9 Å². The summed E-state index contributed by atoms with van der Waals surface area (Å²) in [7, 11) is -8.85. The first-order chi connectivity index (χ1) is 26.2. The zero-order chi connectivity index (χ0) is 40.5. The highest BCUT2D eigenvalue weighted by molar-refractivity contribution is 7.89. The zero-order valence-electron chi connectivity index (χ0n) is 33.2. The molecule has 294 valence electrons. The van der Waals surface area contributed by atoms with Gasteiger partial charge in [-0.3, -0.25) is 4.79 Å². The molecule has 0 bridgehead atoms. The van der Waals surface area contributed by atoms with Crippen LogP contribution in [0.3, 0.4) is 0 Å². The van der Waals surface area contributed by atoms with Crippen LogP contribution in [0, 0.1) is 6.92 Å². The van der Waals surface area contributed by atoms with Crippen molar-refractivity contribution in [1.82, 2.24) is 4.31 Å². The fourth-order valence-electron chi connectivity index (χ4n) is 8.24. The van der Waals surface area contributed by atoms with Gasteiger partial charge in [-0.2, -0.15) is 0 Å². The molecule has 10 nitrogen and oxygen atoms in total. The number of esters is 2. The van der Waals surface area contributed by atoms with Crippen LogP contribution in [0.1, 0.15) is 62.0 Å². The van der Waals surface area contributed by atoms with E-state index in [0.717, 1.165) is 20.2 Å². The number of amides is 1. The minimum atomic E-state index is -4.57. The fourth-order valence-corrected chi connectivity index (χ4v) is 15.0. The van der Waals surface area contributed by atoms with Gasteiger partial charge in [-0.25, -0.2) is 22.3 Å². The Labute approximate surface area is 331 Å². The Morgan fingerprint density at radius 1 is 0.696 bits per heavy atom. The second-order valence-corrected chi connectivity index (χ2v) is 29.3. The van der Waals surface area contributed by atoms with Crippen LogP contribution in [0.15, 0.2) is 102 Å². The summed E-state index contributed by atoms with van der Waals surface area (Å²) in [5, 5.41) is 2.20. The van der Waals surface area contributed by atoms with E-state index in [0.29, 0.717) is 5.56 Å². The molecule has 0 radical (unpaired) electrons. The number of hydrogen-bond acceptors (Lipinski definition) is 9. The van der Waals surface area contributed by atoms with Crippen molar-refractivity contribution in [1.29, 1.82) is 0 Å². The van der Waals surface area contributed by atoms with Gasteiger partial charge in [0.15, 0.2) is 18.0 Å². The molecule has 2 aliphatic heterocycles. The average molecular weight is 812 g/mol. The molecule has 4 aromatic carbocycles. The van der Waals surface area contributed by atoms with Gasteiger partial charge in [-0.05, 0) is 68.8 Å². The van der Waals surface area contributed by atoms with E-state index in [9.17, 15) is 9.59 Å². The van der Waals surface area contributed by atoms with Gasteiger partial charge in [0.2, 0.25) is 0 Å². The highest BCUT2D eigenvalue weighted by Crippen LogP contribution is 2.51. The van der Waals surface area contributed by atoms with Crippen LogP contribution in [0.5, 0.6) is 0 Å². The van der Waals surface area contributed by atoms with Gasteiger partial charge < -0.3 is 18.9 Å². The molecule has 6 atom stereocenters. The summed E-state index contributed by atoms with van der Waals surface area (Å²) in [6.45, 7) is 18.5. The first-order valence-corrected chi connectivity index (χ1v) is 27.3. The third kappa shape index (κ3) is 7.19. The minimum absolute atomic E-state index is 0.0760.